The highest BCUT2D eigenvalue weighted by molar-refractivity contribution is 7.89. The summed E-state index contributed by atoms with van der Waals surface area (Å²) in [7, 11) is -3.57. The minimum absolute atomic E-state index is 0.230. The lowest BCUT2D eigenvalue weighted by Crippen LogP contribution is -2.43. The second kappa shape index (κ2) is 5.77. The van der Waals surface area contributed by atoms with Crippen LogP contribution in [-0.2, 0) is 14.8 Å². The van der Waals surface area contributed by atoms with Crippen molar-refractivity contribution < 1.29 is 18.3 Å². The minimum atomic E-state index is -3.57. The van der Waals surface area contributed by atoms with E-state index in [2.05, 4.69) is 0 Å². The highest BCUT2D eigenvalue weighted by Crippen LogP contribution is 2.28. The first-order valence-electron chi connectivity index (χ1n) is 7.02. The summed E-state index contributed by atoms with van der Waals surface area (Å²) in [5.41, 5.74) is 2.49. The van der Waals surface area contributed by atoms with Gasteiger partial charge < -0.3 is 9.90 Å². The number of benzene rings is 1. The van der Waals surface area contributed by atoms with Crippen LogP contribution in [-0.4, -0.2) is 31.8 Å². The summed E-state index contributed by atoms with van der Waals surface area (Å²) in [6.07, 6.45) is 0.622. The number of sulfonamides is 1. The number of hydrogen-bond acceptors (Lipinski definition) is 4. The van der Waals surface area contributed by atoms with Gasteiger partial charge in [-0.15, -0.1) is 0 Å². The molecule has 1 aromatic rings. The molecule has 1 saturated heterocycles. The number of rotatable bonds is 3. The highest BCUT2D eigenvalue weighted by atomic mass is 32.2. The first-order chi connectivity index (χ1) is 9.73. The monoisotopic (exact) mass is 310 g/mol. The molecule has 0 aliphatic carbocycles. The number of piperidine rings is 1. The first-order valence-corrected chi connectivity index (χ1v) is 8.46. The van der Waals surface area contributed by atoms with Crippen LogP contribution >= 0.6 is 0 Å². The molecule has 1 heterocycles. The number of aryl methyl sites for hydroxylation is 3. The van der Waals surface area contributed by atoms with Crippen molar-refractivity contribution in [3.8, 4) is 0 Å². The summed E-state index contributed by atoms with van der Waals surface area (Å²) in [5.74, 6) is -1.63. The first kappa shape index (κ1) is 16.0. The number of nitrogens with zero attached hydrogens (tertiary/aromatic N) is 1. The van der Waals surface area contributed by atoms with Crippen LogP contribution in [0.4, 0.5) is 0 Å². The lowest BCUT2D eigenvalue weighted by atomic mass is 9.99. The summed E-state index contributed by atoms with van der Waals surface area (Å²) >= 11 is 0. The second-order valence-electron chi connectivity index (χ2n) is 5.73. The van der Waals surface area contributed by atoms with Crippen LogP contribution in [0.25, 0.3) is 0 Å². The number of carbonyl (C=O) groups excluding carboxylic acids is 1. The van der Waals surface area contributed by atoms with Crippen molar-refractivity contribution in [1.29, 1.82) is 0 Å². The normalized spacial score (nSPS) is 17.9. The quantitative estimate of drug-likeness (QED) is 0.826. The Morgan fingerprint density at radius 2 is 1.62 bits per heavy atom. The Bertz CT molecular complexity index is 635. The van der Waals surface area contributed by atoms with Gasteiger partial charge in [0.1, 0.15) is 0 Å². The van der Waals surface area contributed by atoms with Crippen LogP contribution in [0.2, 0.25) is 0 Å². The number of carboxylic acid groups (broad SMARTS) is 1. The molecule has 2 rings (SSSR count). The van der Waals surface area contributed by atoms with E-state index in [0.717, 1.165) is 16.7 Å². The van der Waals surface area contributed by atoms with Gasteiger partial charge in [-0.1, -0.05) is 17.7 Å². The molecule has 0 amide bonds. The van der Waals surface area contributed by atoms with Crippen molar-refractivity contribution in [2.24, 2.45) is 5.92 Å². The molecule has 6 heteroatoms. The largest absolute Gasteiger partial charge is 0.550 e. The van der Waals surface area contributed by atoms with Gasteiger partial charge in [0.05, 0.1) is 4.90 Å². The average Bonchev–Trinajstić information content (AvgIpc) is 2.37. The molecular formula is C15H20NO4S-. The summed E-state index contributed by atoms with van der Waals surface area (Å²) in [6, 6.07) is 3.71. The fourth-order valence-corrected chi connectivity index (χ4v) is 4.92. The van der Waals surface area contributed by atoms with Crippen LogP contribution in [0.5, 0.6) is 0 Å². The summed E-state index contributed by atoms with van der Waals surface area (Å²) in [4.78, 5) is 11.2. The van der Waals surface area contributed by atoms with Gasteiger partial charge in [-0.3, -0.25) is 0 Å². The van der Waals surface area contributed by atoms with E-state index in [-0.39, 0.29) is 13.1 Å². The zero-order valence-electron chi connectivity index (χ0n) is 12.5. The minimum Gasteiger partial charge on any atom is -0.550 e. The van der Waals surface area contributed by atoms with Gasteiger partial charge in [0, 0.05) is 25.0 Å². The van der Waals surface area contributed by atoms with Crippen LogP contribution in [0.1, 0.15) is 29.5 Å². The number of carboxylic acids is 1. The van der Waals surface area contributed by atoms with Crippen LogP contribution < -0.4 is 5.11 Å². The molecule has 0 bridgehead atoms. The molecular weight excluding hydrogens is 290 g/mol. The molecule has 21 heavy (non-hydrogen) atoms. The second-order valence-corrected chi connectivity index (χ2v) is 7.60. The third-order valence-corrected chi connectivity index (χ3v) is 6.19. The maximum Gasteiger partial charge on any atom is 0.243 e. The molecule has 1 aromatic carbocycles. The van der Waals surface area contributed by atoms with Gasteiger partial charge in [-0.05, 0) is 44.7 Å². The molecule has 1 aliphatic rings. The van der Waals surface area contributed by atoms with E-state index in [0.29, 0.717) is 17.7 Å². The lowest BCUT2D eigenvalue weighted by Gasteiger charge is -2.32. The number of aliphatic carboxylic acids is 1. The smallest absolute Gasteiger partial charge is 0.243 e. The topological polar surface area (TPSA) is 77.5 Å². The standard InChI is InChI=1S/C15H21NO4S/c1-10-8-11(2)14(12(3)9-10)21(19,20)16-6-4-13(5-7-16)15(17)18/h8-9,13H,4-7H2,1-3H3,(H,17,18)/p-1. The average molecular weight is 310 g/mol. The van der Waals surface area contributed by atoms with Crippen molar-refractivity contribution >= 4 is 16.0 Å². The molecule has 0 unspecified atom stereocenters. The van der Waals surface area contributed by atoms with Crippen LogP contribution in [0.15, 0.2) is 17.0 Å². The van der Waals surface area contributed by atoms with E-state index >= 15 is 0 Å². The predicted octanol–water partition coefficient (Wildman–Crippen LogP) is 0.762. The molecule has 5 nitrogen and oxygen atoms in total. The Morgan fingerprint density at radius 3 is 2.05 bits per heavy atom. The van der Waals surface area contributed by atoms with Crippen molar-refractivity contribution in [1.82, 2.24) is 4.31 Å². The Balaban J connectivity index is 2.30. The summed E-state index contributed by atoms with van der Waals surface area (Å²) in [6.45, 7) is 5.98. The molecule has 0 spiro atoms. The highest BCUT2D eigenvalue weighted by Gasteiger charge is 2.31. The molecule has 0 saturated carbocycles. The molecule has 1 aliphatic heterocycles. The lowest BCUT2D eigenvalue weighted by molar-refractivity contribution is -0.312. The van der Waals surface area contributed by atoms with Crippen molar-refractivity contribution in [2.45, 2.75) is 38.5 Å². The molecule has 116 valence electrons. The molecule has 1 fully saturated rings. The molecule has 0 radical (unpaired) electrons. The van der Waals surface area contributed by atoms with Crippen LogP contribution in [0, 0.1) is 26.7 Å². The van der Waals surface area contributed by atoms with E-state index in [1.807, 2.05) is 19.1 Å². The third-order valence-electron chi connectivity index (χ3n) is 3.99. The van der Waals surface area contributed by atoms with E-state index in [9.17, 15) is 18.3 Å². The van der Waals surface area contributed by atoms with E-state index in [1.54, 1.807) is 13.8 Å². The van der Waals surface area contributed by atoms with Crippen molar-refractivity contribution in [3.05, 3.63) is 28.8 Å². The fraction of sp³-hybridized carbons (Fsp3) is 0.533. The van der Waals surface area contributed by atoms with Gasteiger partial charge in [0.25, 0.3) is 0 Å². The summed E-state index contributed by atoms with van der Waals surface area (Å²) < 4.78 is 26.9. The Hall–Kier alpha value is -1.40. The fourth-order valence-electron chi connectivity index (χ4n) is 3.03. The van der Waals surface area contributed by atoms with Gasteiger partial charge in [-0.25, -0.2) is 8.42 Å². The van der Waals surface area contributed by atoms with Gasteiger partial charge >= 0.3 is 0 Å². The predicted molar refractivity (Wildman–Crippen MR) is 77.1 cm³/mol. The van der Waals surface area contributed by atoms with Crippen molar-refractivity contribution in [2.75, 3.05) is 13.1 Å². The Labute approximate surface area is 125 Å². The number of carbonyl (C=O) groups is 1. The van der Waals surface area contributed by atoms with Gasteiger partial charge in [-0.2, -0.15) is 4.31 Å². The van der Waals surface area contributed by atoms with E-state index < -0.39 is 21.9 Å². The van der Waals surface area contributed by atoms with E-state index in [4.69, 9.17) is 0 Å². The van der Waals surface area contributed by atoms with Gasteiger partial charge in [0.15, 0.2) is 0 Å². The molecule has 0 atom stereocenters. The Kier molecular flexibility index (Phi) is 4.39. The third kappa shape index (κ3) is 3.11. The van der Waals surface area contributed by atoms with Gasteiger partial charge in [0.2, 0.25) is 10.0 Å². The Morgan fingerprint density at radius 1 is 1.14 bits per heavy atom. The maximum atomic E-state index is 12.8. The maximum absolute atomic E-state index is 12.8. The SMILES string of the molecule is Cc1cc(C)c(S(=O)(=O)N2CCC(C(=O)[O-])CC2)c(C)c1. The molecule has 0 N–H and O–H groups in total. The zero-order valence-corrected chi connectivity index (χ0v) is 13.4. The van der Waals surface area contributed by atoms with Crippen molar-refractivity contribution in [3.63, 3.8) is 0 Å². The van der Waals surface area contributed by atoms with E-state index in [1.165, 1.54) is 4.31 Å². The zero-order chi connectivity index (χ0) is 15.8. The number of hydrogen-bond donors (Lipinski definition) is 0. The summed E-state index contributed by atoms with van der Waals surface area (Å²) in [5, 5.41) is 10.8. The van der Waals surface area contributed by atoms with Crippen LogP contribution in [0.3, 0.4) is 0 Å². The molecule has 0 aromatic heterocycles.